The lowest BCUT2D eigenvalue weighted by Crippen LogP contribution is -2.29. The lowest BCUT2D eigenvalue weighted by molar-refractivity contribution is -0.148. The van der Waals surface area contributed by atoms with E-state index in [-0.39, 0.29) is 12.1 Å². The minimum absolute atomic E-state index is 0.0429. The monoisotopic (exact) mass is 257 g/mol. The largest absolute Gasteiger partial charge is 0.481 e. The smallest absolute Gasteiger partial charge is 0.309 e. The Balaban J connectivity index is 2.73. The van der Waals surface area contributed by atoms with E-state index in [1.165, 1.54) is 13.8 Å². The molecule has 0 bridgehead atoms. The van der Waals surface area contributed by atoms with Crippen LogP contribution >= 0.6 is 0 Å². The number of carboxylic acid groups (broad SMARTS) is 1. The molecule has 1 amide bonds. The summed E-state index contributed by atoms with van der Waals surface area (Å²) in [7, 11) is 0. The topological polar surface area (TPSA) is 66.4 Å². The summed E-state index contributed by atoms with van der Waals surface area (Å²) in [5.74, 6) is -3.37. The third-order valence-electron chi connectivity index (χ3n) is 2.33. The molecule has 4 nitrogen and oxygen atoms in total. The number of carbonyl (C=O) groups is 2. The fourth-order valence-corrected chi connectivity index (χ4v) is 1.31. The van der Waals surface area contributed by atoms with Gasteiger partial charge in [0.1, 0.15) is 11.6 Å². The van der Waals surface area contributed by atoms with Gasteiger partial charge in [-0.2, -0.15) is 0 Å². The molecule has 0 spiro atoms. The molecule has 0 aromatic heterocycles. The maximum absolute atomic E-state index is 12.9. The van der Waals surface area contributed by atoms with E-state index in [0.29, 0.717) is 6.07 Å². The summed E-state index contributed by atoms with van der Waals surface area (Å²) in [6, 6.07) is 2.58. The predicted molar refractivity (Wildman–Crippen MR) is 61.0 cm³/mol. The van der Waals surface area contributed by atoms with E-state index in [0.717, 1.165) is 12.1 Å². The van der Waals surface area contributed by atoms with Crippen molar-refractivity contribution in [1.82, 2.24) is 0 Å². The molecular weight excluding hydrogens is 244 g/mol. The summed E-state index contributed by atoms with van der Waals surface area (Å²) in [6.45, 7) is 2.78. The van der Waals surface area contributed by atoms with Crippen LogP contribution in [0.2, 0.25) is 0 Å². The Morgan fingerprint density at radius 2 is 1.72 bits per heavy atom. The molecule has 0 heterocycles. The fourth-order valence-electron chi connectivity index (χ4n) is 1.31. The van der Waals surface area contributed by atoms with Crippen molar-refractivity contribution in [2.24, 2.45) is 5.41 Å². The van der Waals surface area contributed by atoms with E-state index in [4.69, 9.17) is 5.11 Å². The summed E-state index contributed by atoms with van der Waals surface area (Å²) >= 11 is 0. The van der Waals surface area contributed by atoms with E-state index >= 15 is 0 Å². The first-order valence-electron chi connectivity index (χ1n) is 5.20. The van der Waals surface area contributed by atoms with E-state index < -0.39 is 28.9 Å². The van der Waals surface area contributed by atoms with E-state index in [9.17, 15) is 18.4 Å². The summed E-state index contributed by atoms with van der Waals surface area (Å²) in [5.41, 5.74) is -1.28. The second-order valence-corrected chi connectivity index (χ2v) is 4.57. The first kappa shape index (κ1) is 14.1. The van der Waals surface area contributed by atoms with E-state index in [2.05, 4.69) is 5.32 Å². The van der Waals surface area contributed by atoms with Crippen LogP contribution in [0.1, 0.15) is 20.3 Å². The molecule has 18 heavy (non-hydrogen) atoms. The molecule has 0 saturated heterocycles. The number of halogens is 2. The average molecular weight is 257 g/mol. The highest BCUT2D eigenvalue weighted by Crippen LogP contribution is 2.21. The minimum Gasteiger partial charge on any atom is -0.481 e. The molecule has 1 aromatic carbocycles. The molecule has 98 valence electrons. The number of benzene rings is 1. The van der Waals surface area contributed by atoms with E-state index in [1.807, 2.05) is 0 Å². The normalized spacial score (nSPS) is 11.1. The molecule has 0 aliphatic rings. The Hall–Kier alpha value is -1.98. The van der Waals surface area contributed by atoms with Gasteiger partial charge in [0.2, 0.25) is 5.91 Å². The number of hydrogen-bond acceptors (Lipinski definition) is 2. The maximum Gasteiger partial charge on any atom is 0.309 e. The Morgan fingerprint density at radius 3 is 2.17 bits per heavy atom. The van der Waals surface area contributed by atoms with Crippen molar-refractivity contribution in [3.05, 3.63) is 29.8 Å². The summed E-state index contributed by atoms with van der Waals surface area (Å²) in [4.78, 5) is 22.4. The van der Waals surface area contributed by atoms with Crippen LogP contribution in [0, 0.1) is 17.0 Å². The zero-order chi connectivity index (χ0) is 13.9. The van der Waals surface area contributed by atoms with Gasteiger partial charge >= 0.3 is 5.97 Å². The Labute approximate surface area is 103 Å². The number of carbonyl (C=O) groups excluding carboxylic acids is 1. The van der Waals surface area contributed by atoms with Gasteiger partial charge in [-0.25, -0.2) is 8.78 Å². The van der Waals surface area contributed by atoms with E-state index in [1.54, 1.807) is 0 Å². The van der Waals surface area contributed by atoms with Crippen molar-refractivity contribution < 1.29 is 23.5 Å². The number of rotatable bonds is 4. The van der Waals surface area contributed by atoms with Gasteiger partial charge in [0.25, 0.3) is 0 Å². The van der Waals surface area contributed by atoms with Crippen LogP contribution in [-0.4, -0.2) is 17.0 Å². The predicted octanol–water partition coefficient (Wildman–Crippen LogP) is 2.40. The summed E-state index contributed by atoms with van der Waals surface area (Å²) in [6.07, 6.45) is -0.291. The zero-order valence-electron chi connectivity index (χ0n) is 9.96. The third kappa shape index (κ3) is 3.80. The van der Waals surface area contributed by atoms with Gasteiger partial charge in [0.05, 0.1) is 5.41 Å². The Bertz CT molecular complexity index is 466. The van der Waals surface area contributed by atoms with Crippen LogP contribution in [0.4, 0.5) is 14.5 Å². The second-order valence-electron chi connectivity index (χ2n) is 4.57. The van der Waals surface area contributed by atoms with Crippen LogP contribution in [0.25, 0.3) is 0 Å². The highest BCUT2D eigenvalue weighted by Gasteiger charge is 2.30. The number of amides is 1. The molecule has 0 saturated carbocycles. The number of carboxylic acids is 1. The molecule has 1 rings (SSSR count). The van der Waals surface area contributed by atoms with Crippen molar-refractivity contribution in [3.8, 4) is 0 Å². The molecule has 0 fully saturated rings. The van der Waals surface area contributed by atoms with Gasteiger partial charge in [-0.15, -0.1) is 0 Å². The molecule has 1 aromatic rings. The molecule has 2 N–H and O–H groups in total. The standard InChI is InChI=1S/C12H13F2NO3/c1-12(2,11(17)18)6-10(16)15-9-4-7(13)3-8(14)5-9/h3-5H,6H2,1-2H3,(H,15,16)(H,17,18). The number of anilines is 1. The van der Waals surface area contributed by atoms with Crippen molar-refractivity contribution in [1.29, 1.82) is 0 Å². The molecule has 0 atom stereocenters. The molecule has 6 heteroatoms. The van der Waals surface area contributed by atoms with Crippen LogP contribution in [0.15, 0.2) is 18.2 Å². The molecular formula is C12H13F2NO3. The highest BCUT2D eigenvalue weighted by molar-refractivity contribution is 5.94. The van der Waals surface area contributed by atoms with Gasteiger partial charge in [-0.3, -0.25) is 9.59 Å². The number of hydrogen-bond donors (Lipinski definition) is 2. The SMILES string of the molecule is CC(C)(CC(=O)Nc1cc(F)cc(F)c1)C(=O)O. The Morgan fingerprint density at radius 1 is 1.22 bits per heavy atom. The highest BCUT2D eigenvalue weighted by atomic mass is 19.1. The van der Waals surface area contributed by atoms with Gasteiger partial charge < -0.3 is 10.4 Å². The summed E-state index contributed by atoms with van der Waals surface area (Å²) in [5, 5.41) is 11.1. The van der Waals surface area contributed by atoms with Gasteiger partial charge in [0, 0.05) is 18.2 Å². The van der Waals surface area contributed by atoms with Crippen molar-refractivity contribution in [2.45, 2.75) is 20.3 Å². The van der Waals surface area contributed by atoms with Gasteiger partial charge in [0.15, 0.2) is 0 Å². The number of nitrogens with one attached hydrogen (secondary N) is 1. The third-order valence-corrected chi connectivity index (χ3v) is 2.33. The molecule has 0 aliphatic carbocycles. The van der Waals surface area contributed by atoms with Crippen LogP contribution in [0.5, 0.6) is 0 Å². The lowest BCUT2D eigenvalue weighted by atomic mass is 9.89. The van der Waals surface area contributed by atoms with Crippen LogP contribution in [-0.2, 0) is 9.59 Å². The first-order valence-corrected chi connectivity index (χ1v) is 5.20. The molecule has 0 unspecified atom stereocenters. The van der Waals surface area contributed by atoms with Crippen molar-refractivity contribution >= 4 is 17.6 Å². The van der Waals surface area contributed by atoms with Crippen molar-refractivity contribution in [3.63, 3.8) is 0 Å². The Kier molecular flexibility index (Phi) is 4.00. The second kappa shape index (κ2) is 5.12. The first-order chi connectivity index (χ1) is 8.20. The van der Waals surface area contributed by atoms with Crippen LogP contribution in [0.3, 0.4) is 0 Å². The van der Waals surface area contributed by atoms with Crippen LogP contribution < -0.4 is 5.32 Å². The average Bonchev–Trinajstić information content (AvgIpc) is 2.13. The number of aliphatic carboxylic acids is 1. The molecule has 0 aliphatic heterocycles. The van der Waals surface area contributed by atoms with Gasteiger partial charge in [-0.1, -0.05) is 0 Å². The summed E-state index contributed by atoms with van der Waals surface area (Å²) < 4.78 is 25.7. The molecule has 0 radical (unpaired) electrons. The fraction of sp³-hybridized carbons (Fsp3) is 0.333. The minimum atomic E-state index is -1.24. The van der Waals surface area contributed by atoms with Crippen molar-refractivity contribution in [2.75, 3.05) is 5.32 Å². The lowest BCUT2D eigenvalue weighted by Gasteiger charge is -2.18. The van der Waals surface area contributed by atoms with Gasteiger partial charge in [-0.05, 0) is 26.0 Å². The quantitative estimate of drug-likeness (QED) is 0.870. The maximum atomic E-state index is 12.9. The zero-order valence-corrected chi connectivity index (χ0v) is 9.96.